The van der Waals surface area contributed by atoms with E-state index in [1.54, 1.807) is 0 Å². The Morgan fingerprint density at radius 1 is 0.917 bits per heavy atom. The van der Waals surface area contributed by atoms with Gasteiger partial charge in [0.05, 0.1) is 4.92 Å². The van der Waals surface area contributed by atoms with Gasteiger partial charge < -0.3 is 5.32 Å². The number of nitrogens with one attached hydrogen (secondary N) is 3. The first-order valence-corrected chi connectivity index (χ1v) is 6.53. The van der Waals surface area contributed by atoms with E-state index in [9.17, 15) is 24.5 Å². The van der Waals surface area contributed by atoms with E-state index in [0.29, 0.717) is 0 Å². The van der Waals surface area contributed by atoms with E-state index in [2.05, 4.69) is 15.7 Å². The lowest BCUT2D eigenvalue weighted by molar-refractivity contribution is -0.384. The van der Waals surface area contributed by atoms with Crippen LogP contribution in [0, 0.1) is 10.1 Å². The third kappa shape index (κ3) is 4.34. The van der Waals surface area contributed by atoms with Crippen molar-refractivity contribution in [3.63, 3.8) is 0 Å². The predicted molar refractivity (Wildman–Crippen MR) is 81.6 cm³/mol. The molecular weight excluding hydrogens is 318 g/mol. The van der Waals surface area contributed by atoms with E-state index < -0.39 is 22.6 Å². The second-order valence-corrected chi connectivity index (χ2v) is 4.40. The zero-order valence-corrected chi connectivity index (χ0v) is 12.1. The number of aromatic nitrogens is 1. The highest BCUT2D eigenvalue weighted by Gasteiger charge is 2.15. The molecule has 0 atom stereocenters. The first-order chi connectivity index (χ1) is 11.5. The summed E-state index contributed by atoms with van der Waals surface area (Å²) in [4.78, 5) is 48.6. The quantitative estimate of drug-likeness (QED) is 0.422. The largest absolute Gasteiger partial charge is 0.328 e. The minimum absolute atomic E-state index is 0.151. The zero-order chi connectivity index (χ0) is 17.5. The fraction of sp³-hybridized carbons (Fsp3) is 0. The van der Waals surface area contributed by atoms with Crippen LogP contribution in [0.3, 0.4) is 0 Å². The maximum absolute atomic E-state index is 11.7. The molecule has 2 aromatic rings. The molecule has 2 rings (SSSR count). The summed E-state index contributed by atoms with van der Waals surface area (Å²) in [5.41, 5.74) is 4.32. The predicted octanol–water partition coefficient (Wildman–Crippen LogP) is 0.389. The van der Waals surface area contributed by atoms with Crippen LogP contribution in [0.1, 0.15) is 10.4 Å². The highest BCUT2D eigenvalue weighted by molar-refractivity contribution is 6.39. The van der Waals surface area contributed by atoms with Crippen molar-refractivity contribution in [1.82, 2.24) is 15.8 Å². The number of pyridine rings is 1. The van der Waals surface area contributed by atoms with Crippen molar-refractivity contribution in [2.45, 2.75) is 0 Å². The number of anilines is 1. The molecule has 0 unspecified atom stereocenters. The topological polar surface area (TPSA) is 143 Å². The maximum atomic E-state index is 11.7. The maximum Gasteiger partial charge on any atom is 0.328 e. The van der Waals surface area contributed by atoms with Crippen molar-refractivity contribution in [2.24, 2.45) is 0 Å². The van der Waals surface area contributed by atoms with Gasteiger partial charge in [-0.3, -0.25) is 40.3 Å². The first-order valence-electron chi connectivity index (χ1n) is 6.53. The number of nitro benzene ring substituents is 1. The van der Waals surface area contributed by atoms with E-state index in [1.807, 2.05) is 5.43 Å². The number of non-ortho nitro benzene ring substituents is 1. The minimum Gasteiger partial charge on any atom is -0.318 e. The Morgan fingerprint density at radius 3 is 2.12 bits per heavy atom. The number of hydrogen-bond acceptors (Lipinski definition) is 6. The molecule has 3 N–H and O–H groups in total. The summed E-state index contributed by atoms with van der Waals surface area (Å²) in [7, 11) is 0. The molecule has 0 aliphatic heterocycles. The molecule has 0 saturated carbocycles. The van der Waals surface area contributed by atoms with Crippen LogP contribution in [0.4, 0.5) is 11.4 Å². The van der Waals surface area contributed by atoms with Crippen molar-refractivity contribution in [3.05, 3.63) is 64.5 Å². The van der Waals surface area contributed by atoms with Crippen molar-refractivity contribution >= 4 is 29.1 Å². The smallest absolute Gasteiger partial charge is 0.318 e. The molecule has 10 heteroatoms. The van der Waals surface area contributed by atoms with E-state index in [0.717, 1.165) is 0 Å². The monoisotopic (exact) mass is 329 g/mol. The standard InChI is InChI=1S/C14H11N5O5/c20-12(9-5-7-15-8-6-9)17-18-14(22)13(21)16-10-1-3-11(4-2-10)19(23)24/h1-8H,(H,16,21)(H,17,20)(H,18,22). The molecule has 1 aromatic carbocycles. The number of hydrazine groups is 1. The number of rotatable bonds is 3. The highest BCUT2D eigenvalue weighted by Crippen LogP contribution is 2.15. The molecule has 0 aliphatic carbocycles. The summed E-state index contributed by atoms with van der Waals surface area (Å²) in [5, 5.41) is 12.8. The van der Waals surface area contributed by atoms with Crippen molar-refractivity contribution in [1.29, 1.82) is 0 Å². The van der Waals surface area contributed by atoms with Crippen LogP contribution in [0.5, 0.6) is 0 Å². The molecule has 0 bridgehead atoms. The number of carbonyl (C=O) groups is 3. The number of nitrogens with zero attached hydrogens (tertiary/aromatic N) is 2. The Balaban J connectivity index is 1.87. The highest BCUT2D eigenvalue weighted by atomic mass is 16.6. The molecule has 24 heavy (non-hydrogen) atoms. The second kappa shape index (κ2) is 7.45. The lowest BCUT2D eigenvalue weighted by Gasteiger charge is -2.07. The van der Waals surface area contributed by atoms with Crippen LogP contribution in [0.15, 0.2) is 48.8 Å². The van der Waals surface area contributed by atoms with E-state index >= 15 is 0 Å². The Morgan fingerprint density at radius 2 is 1.54 bits per heavy atom. The number of benzene rings is 1. The van der Waals surface area contributed by atoms with Gasteiger partial charge in [0.1, 0.15) is 0 Å². The van der Waals surface area contributed by atoms with Crippen molar-refractivity contribution in [3.8, 4) is 0 Å². The van der Waals surface area contributed by atoms with Crippen LogP contribution in [-0.4, -0.2) is 27.6 Å². The lowest BCUT2D eigenvalue weighted by atomic mass is 10.2. The average molecular weight is 329 g/mol. The van der Waals surface area contributed by atoms with Gasteiger partial charge in [-0.1, -0.05) is 0 Å². The number of hydrogen-bond donors (Lipinski definition) is 3. The Bertz CT molecular complexity index is 776. The summed E-state index contributed by atoms with van der Waals surface area (Å²) < 4.78 is 0. The van der Waals surface area contributed by atoms with Gasteiger partial charge in [-0.2, -0.15) is 0 Å². The van der Waals surface area contributed by atoms with Crippen LogP contribution in [0.2, 0.25) is 0 Å². The lowest BCUT2D eigenvalue weighted by Crippen LogP contribution is -2.46. The zero-order valence-electron chi connectivity index (χ0n) is 12.1. The summed E-state index contributed by atoms with van der Waals surface area (Å²) in [6, 6.07) is 7.77. The van der Waals surface area contributed by atoms with E-state index in [4.69, 9.17) is 0 Å². The van der Waals surface area contributed by atoms with Crippen LogP contribution < -0.4 is 16.2 Å². The normalized spacial score (nSPS) is 9.67. The third-order valence-corrected chi connectivity index (χ3v) is 2.77. The van der Waals surface area contributed by atoms with Crippen LogP contribution in [-0.2, 0) is 9.59 Å². The molecule has 0 aliphatic rings. The number of carbonyl (C=O) groups excluding carboxylic acids is 3. The Hall–Kier alpha value is -3.82. The van der Waals surface area contributed by atoms with Crippen LogP contribution >= 0.6 is 0 Å². The van der Waals surface area contributed by atoms with Crippen molar-refractivity contribution in [2.75, 3.05) is 5.32 Å². The summed E-state index contributed by atoms with van der Waals surface area (Å²) in [5.74, 6) is -2.76. The summed E-state index contributed by atoms with van der Waals surface area (Å²) >= 11 is 0. The Kier molecular flexibility index (Phi) is 5.13. The van der Waals surface area contributed by atoms with Gasteiger partial charge in [0.2, 0.25) is 0 Å². The molecular formula is C14H11N5O5. The van der Waals surface area contributed by atoms with Gasteiger partial charge >= 0.3 is 11.8 Å². The van der Waals surface area contributed by atoms with Gasteiger partial charge in [0.25, 0.3) is 11.6 Å². The Labute approximate surface area is 135 Å². The SMILES string of the molecule is O=C(NNC(=O)c1ccncc1)C(=O)Nc1ccc([N+](=O)[O-])cc1. The molecule has 0 fully saturated rings. The third-order valence-electron chi connectivity index (χ3n) is 2.77. The number of nitro groups is 1. The molecule has 3 amide bonds. The molecule has 1 heterocycles. The summed E-state index contributed by atoms with van der Waals surface area (Å²) in [6.07, 6.45) is 2.80. The molecule has 0 radical (unpaired) electrons. The van der Waals surface area contributed by atoms with E-state index in [-0.39, 0.29) is 16.9 Å². The fourth-order valence-corrected chi connectivity index (χ4v) is 1.60. The molecule has 10 nitrogen and oxygen atoms in total. The van der Waals surface area contributed by atoms with Gasteiger partial charge in [0, 0.05) is 35.8 Å². The molecule has 0 spiro atoms. The average Bonchev–Trinajstić information content (AvgIpc) is 2.60. The summed E-state index contributed by atoms with van der Waals surface area (Å²) in [6.45, 7) is 0. The van der Waals surface area contributed by atoms with Gasteiger partial charge in [-0.05, 0) is 24.3 Å². The number of amides is 3. The van der Waals surface area contributed by atoms with E-state index in [1.165, 1.54) is 48.8 Å². The molecule has 122 valence electrons. The molecule has 0 saturated heterocycles. The van der Waals surface area contributed by atoms with Gasteiger partial charge in [-0.25, -0.2) is 0 Å². The fourth-order valence-electron chi connectivity index (χ4n) is 1.60. The van der Waals surface area contributed by atoms with Gasteiger partial charge in [-0.15, -0.1) is 0 Å². The molecule has 1 aromatic heterocycles. The minimum atomic E-state index is -1.10. The van der Waals surface area contributed by atoms with Crippen molar-refractivity contribution < 1.29 is 19.3 Å². The first kappa shape index (κ1) is 16.5. The van der Waals surface area contributed by atoms with Gasteiger partial charge in [0.15, 0.2) is 0 Å². The van der Waals surface area contributed by atoms with Crippen LogP contribution in [0.25, 0.3) is 0 Å². The second-order valence-electron chi connectivity index (χ2n) is 4.40.